The van der Waals surface area contributed by atoms with Crippen LogP contribution in [0.1, 0.15) is 11.1 Å². The molecule has 0 aliphatic rings. The highest BCUT2D eigenvalue weighted by Gasteiger charge is 2.11. The van der Waals surface area contributed by atoms with Gasteiger partial charge in [0, 0.05) is 29.2 Å². The molecule has 1 amide bonds. The predicted octanol–water partition coefficient (Wildman–Crippen LogP) is 3.63. The van der Waals surface area contributed by atoms with E-state index in [0.717, 1.165) is 16.5 Å². The van der Waals surface area contributed by atoms with Crippen LogP contribution in [0.5, 0.6) is 5.75 Å². The number of amides is 1. The Labute approximate surface area is 137 Å². The van der Waals surface area contributed by atoms with Crippen LogP contribution in [0.4, 0.5) is 8.78 Å². The van der Waals surface area contributed by atoms with E-state index in [0.29, 0.717) is 5.56 Å². The van der Waals surface area contributed by atoms with Gasteiger partial charge in [0.05, 0.1) is 6.42 Å². The number of halogens is 2. The number of carbonyl (C=O) groups excluding carboxylic acids is 1. The van der Waals surface area contributed by atoms with E-state index in [9.17, 15) is 13.6 Å². The van der Waals surface area contributed by atoms with Crippen molar-refractivity contribution < 1.29 is 18.3 Å². The molecule has 24 heavy (non-hydrogen) atoms. The fourth-order valence-electron chi connectivity index (χ4n) is 2.57. The monoisotopic (exact) mass is 330 g/mol. The number of nitrogens with one attached hydrogen (secondary N) is 2. The lowest BCUT2D eigenvalue weighted by Crippen LogP contribution is -2.24. The largest absolute Gasteiger partial charge is 0.434 e. The van der Waals surface area contributed by atoms with Gasteiger partial charge in [0.15, 0.2) is 0 Å². The number of fused-ring (bicyclic) bond motifs is 1. The van der Waals surface area contributed by atoms with Crippen LogP contribution in [0.15, 0.2) is 54.7 Å². The van der Waals surface area contributed by atoms with Gasteiger partial charge in [-0.1, -0.05) is 36.4 Å². The fourth-order valence-corrected chi connectivity index (χ4v) is 2.57. The van der Waals surface area contributed by atoms with Crippen molar-refractivity contribution >= 4 is 16.8 Å². The first-order valence-electron chi connectivity index (χ1n) is 7.48. The number of hydrogen-bond donors (Lipinski definition) is 2. The molecule has 2 N–H and O–H groups in total. The molecule has 1 heterocycles. The van der Waals surface area contributed by atoms with Crippen molar-refractivity contribution in [3.63, 3.8) is 0 Å². The van der Waals surface area contributed by atoms with Gasteiger partial charge in [0.1, 0.15) is 5.75 Å². The summed E-state index contributed by atoms with van der Waals surface area (Å²) in [4.78, 5) is 15.3. The summed E-state index contributed by atoms with van der Waals surface area (Å²) in [5, 5.41) is 3.73. The van der Waals surface area contributed by atoms with Gasteiger partial charge < -0.3 is 15.0 Å². The normalized spacial score (nSPS) is 11.0. The second-order valence-corrected chi connectivity index (χ2v) is 5.30. The number of benzene rings is 2. The number of H-pyrrole nitrogens is 1. The summed E-state index contributed by atoms with van der Waals surface area (Å²) >= 11 is 0. The molecule has 0 aliphatic carbocycles. The lowest BCUT2D eigenvalue weighted by molar-refractivity contribution is -0.120. The van der Waals surface area contributed by atoms with Crippen molar-refractivity contribution in [3.8, 4) is 5.75 Å². The van der Waals surface area contributed by atoms with Gasteiger partial charge in [-0.05, 0) is 17.7 Å². The molecule has 0 radical (unpaired) electrons. The first-order chi connectivity index (χ1) is 11.6. The molecule has 6 heteroatoms. The van der Waals surface area contributed by atoms with Crippen molar-refractivity contribution in [3.05, 3.63) is 65.9 Å². The zero-order chi connectivity index (χ0) is 16.9. The minimum atomic E-state index is -2.90. The molecule has 0 bridgehead atoms. The molecule has 4 nitrogen and oxygen atoms in total. The second-order valence-electron chi connectivity index (χ2n) is 5.30. The number of alkyl halides is 2. The van der Waals surface area contributed by atoms with E-state index in [1.165, 1.54) is 6.07 Å². The molecule has 3 rings (SSSR count). The van der Waals surface area contributed by atoms with E-state index in [2.05, 4.69) is 15.0 Å². The van der Waals surface area contributed by atoms with Crippen LogP contribution in [-0.4, -0.2) is 17.5 Å². The molecule has 0 aliphatic heterocycles. The van der Waals surface area contributed by atoms with Crippen molar-refractivity contribution in [2.75, 3.05) is 0 Å². The molecule has 0 atom stereocenters. The van der Waals surface area contributed by atoms with Crippen LogP contribution in [0, 0.1) is 0 Å². The summed E-state index contributed by atoms with van der Waals surface area (Å²) in [6.07, 6.45) is 2.01. The fraction of sp³-hybridized carbons (Fsp3) is 0.167. The minimum Gasteiger partial charge on any atom is -0.434 e. The van der Waals surface area contributed by atoms with E-state index >= 15 is 0 Å². The summed E-state index contributed by atoms with van der Waals surface area (Å²) in [5.74, 6) is -0.119. The first-order valence-corrected chi connectivity index (χ1v) is 7.48. The molecule has 3 aromatic rings. The van der Waals surface area contributed by atoms with E-state index < -0.39 is 6.61 Å². The number of ether oxygens (including phenoxy) is 1. The summed E-state index contributed by atoms with van der Waals surface area (Å²) in [7, 11) is 0. The number of hydrogen-bond acceptors (Lipinski definition) is 2. The van der Waals surface area contributed by atoms with Crippen LogP contribution in [-0.2, 0) is 17.8 Å². The Morgan fingerprint density at radius 2 is 1.83 bits per heavy atom. The molecule has 1 aromatic heterocycles. The highest BCUT2D eigenvalue weighted by molar-refractivity contribution is 5.88. The maximum Gasteiger partial charge on any atom is 0.387 e. The summed E-state index contributed by atoms with van der Waals surface area (Å²) in [6, 6.07) is 14.1. The third kappa shape index (κ3) is 3.71. The van der Waals surface area contributed by atoms with Gasteiger partial charge in [-0.15, -0.1) is 0 Å². The molecule has 0 saturated carbocycles. The van der Waals surface area contributed by atoms with Crippen molar-refractivity contribution in [2.24, 2.45) is 0 Å². The third-order valence-corrected chi connectivity index (χ3v) is 3.69. The summed E-state index contributed by atoms with van der Waals surface area (Å²) < 4.78 is 29.2. The van der Waals surface area contributed by atoms with Gasteiger partial charge in [0.2, 0.25) is 5.91 Å². The Kier molecular flexibility index (Phi) is 4.74. The maximum atomic E-state index is 12.4. The highest BCUT2D eigenvalue weighted by atomic mass is 19.3. The van der Waals surface area contributed by atoms with E-state index in [1.807, 2.05) is 24.3 Å². The van der Waals surface area contributed by atoms with Crippen LogP contribution in [0.2, 0.25) is 0 Å². The van der Waals surface area contributed by atoms with Crippen molar-refractivity contribution in [1.29, 1.82) is 0 Å². The lowest BCUT2D eigenvalue weighted by Gasteiger charge is -2.11. The molecule has 0 saturated heterocycles. The maximum absolute atomic E-state index is 12.4. The van der Waals surface area contributed by atoms with Gasteiger partial charge in [0.25, 0.3) is 0 Å². The standard InChI is InChI=1S/C18H16F2N2O2/c19-18(20)24-16-8-4-1-5-12(16)10-22-17(23)9-13-11-21-15-7-3-2-6-14(13)15/h1-8,11,18,21H,9-10H2,(H,22,23). The van der Waals surface area contributed by atoms with Crippen LogP contribution >= 0.6 is 0 Å². The molecule has 2 aromatic carbocycles. The molecule has 0 spiro atoms. The van der Waals surface area contributed by atoms with Gasteiger partial charge in [-0.3, -0.25) is 4.79 Å². The van der Waals surface area contributed by atoms with Crippen LogP contribution in [0.3, 0.4) is 0 Å². The Balaban J connectivity index is 1.64. The topological polar surface area (TPSA) is 54.1 Å². The first kappa shape index (κ1) is 16.0. The highest BCUT2D eigenvalue weighted by Crippen LogP contribution is 2.21. The number of aromatic amines is 1. The zero-order valence-corrected chi connectivity index (χ0v) is 12.8. The minimum absolute atomic E-state index is 0.0693. The van der Waals surface area contributed by atoms with E-state index in [4.69, 9.17) is 0 Å². The molecule has 0 unspecified atom stereocenters. The third-order valence-electron chi connectivity index (χ3n) is 3.69. The Morgan fingerprint density at radius 1 is 1.08 bits per heavy atom. The summed E-state index contributed by atoms with van der Waals surface area (Å²) in [6.45, 7) is -2.77. The van der Waals surface area contributed by atoms with Crippen LogP contribution in [0.25, 0.3) is 10.9 Å². The average Bonchev–Trinajstić information content (AvgIpc) is 2.97. The lowest BCUT2D eigenvalue weighted by atomic mass is 10.1. The van der Waals surface area contributed by atoms with Gasteiger partial charge >= 0.3 is 6.61 Å². The zero-order valence-electron chi connectivity index (χ0n) is 12.8. The second kappa shape index (κ2) is 7.12. The Hall–Kier alpha value is -2.89. The smallest absolute Gasteiger partial charge is 0.387 e. The SMILES string of the molecule is O=C(Cc1c[nH]c2ccccc12)NCc1ccccc1OC(F)F. The number of rotatable bonds is 6. The number of para-hydroxylation sites is 2. The molecular formula is C18H16F2N2O2. The van der Waals surface area contributed by atoms with Crippen molar-refractivity contribution in [1.82, 2.24) is 10.3 Å². The van der Waals surface area contributed by atoms with Crippen molar-refractivity contribution in [2.45, 2.75) is 19.6 Å². The molecule has 0 fully saturated rings. The molecular weight excluding hydrogens is 314 g/mol. The Bertz CT molecular complexity index is 846. The van der Waals surface area contributed by atoms with E-state index in [1.54, 1.807) is 24.4 Å². The molecule has 124 valence electrons. The average molecular weight is 330 g/mol. The van der Waals surface area contributed by atoms with E-state index in [-0.39, 0.29) is 24.6 Å². The number of aromatic nitrogens is 1. The predicted molar refractivity (Wildman–Crippen MR) is 86.9 cm³/mol. The van der Waals surface area contributed by atoms with Crippen LogP contribution < -0.4 is 10.1 Å². The summed E-state index contributed by atoms with van der Waals surface area (Å²) in [5.41, 5.74) is 2.36. The van der Waals surface area contributed by atoms with Gasteiger partial charge in [-0.2, -0.15) is 8.78 Å². The van der Waals surface area contributed by atoms with Gasteiger partial charge in [-0.25, -0.2) is 0 Å². The quantitative estimate of drug-likeness (QED) is 0.725. The number of carbonyl (C=O) groups is 1. The Morgan fingerprint density at radius 3 is 2.67 bits per heavy atom.